The van der Waals surface area contributed by atoms with Gasteiger partial charge in [-0.2, -0.15) is 0 Å². The molecule has 2 N–H and O–H groups in total. The molecule has 6 nitrogen and oxygen atoms in total. The molecule has 0 spiro atoms. The summed E-state index contributed by atoms with van der Waals surface area (Å²) in [6.45, 7) is 4.97. The van der Waals surface area contributed by atoms with Gasteiger partial charge in [-0.15, -0.1) is 0 Å². The Kier molecular flexibility index (Phi) is 8.82. The number of hydrogen-bond donors (Lipinski definition) is 2. The standard InChI is InChI=1S/C25H33Cl2N3O3/c1-25(2)14-22(31)19(23(32)15-25)16-28-11-6-12-30(18-7-4-3-5-8-18)24(33)29-17-9-10-20(26)21(27)13-17/h9-10,13,16,18,31H,3-8,11-12,14-15H2,1-2H3,(H,29,33). The average Bonchev–Trinajstić information content (AvgIpc) is 2.74. The smallest absolute Gasteiger partial charge is 0.322 e. The summed E-state index contributed by atoms with van der Waals surface area (Å²) in [6, 6.07) is 5.08. The van der Waals surface area contributed by atoms with Gasteiger partial charge < -0.3 is 15.3 Å². The van der Waals surface area contributed by atoms with E-state index in [9.17, 15) is 14.7 Å². The third-order valence-electron chi connectivity index (χ3n) is 6.25. The van der Waals surface area contributed by atoms with E-state index in [1.165, 1.54) is 12.6 Å². The third kappa shape index (κ3) is 7.21. The number of aliphatic hydroxyl groups excluding tert-OH is 1. The normalized spacial score (nSPS) is 19.2. The highest BCUT2D eigenvalue weighted by atomic mass is 35.5. The van der Waals surface area contributed by atoms with E-state index < -0.39 is 0 Å². The lowest BCUT2D eigenvalue weighted by Crippen LogP contribution is -2.44. The third-order valence-corrected chi connectivity index (χ3v) is 6.99. The molecule has 0 radical (unpaired) electrons. The van der Waals surface area contributed by atoms with Gasteiger partial charge in [0.2, 0.25) is 0 Å². The van der Waals surface area contributed by atoms with E-state index in [0.29, 0.717) is 53.7 Å². The Morgan fingerprint density at radius 2 is 1.94 bits per heavy atom. The number of halogens is 2. The summed E-state index contributed by atoms with van der Waals surface area (Å²) >= 11 is 12.1. The number of aliphatic imine (C=N–C) groups is 1. The minimum Gasteiger partial charge on any atom is -0.511 e. The van der Waals surface area contributed by atoms with Gasteiger partial charge in [0.15, 0.2) is 5.78 Å². The molecule has 1 aromatic rings. The number of ketones is 1. The first-order valence-electron chi connectivity index (χ1n) is 11.6. The van der Waals surface area contributed by atoms with Gasteiger partial charge in [0.1, 0.15) is 5.76 Å². The maximum atomic E-state index is 13.1. The van der Waals surface area contributed by atoms with Crippen LogP contribution in [0.5, 0.6) is 0 Å². The molecule has 0 saturated heterocycles. The zero-order valence-electron chi connectivity index (χ0n) is 19.4. The Bertz CT molecular complexity index is 937. The predicted octanol–water partition coefficient (Wildman–Crippen LogP) is 6.82. The van der Waals surface area contributed by atoms with E-state index in [4.69, 9.17) is 23.2 Å². The fraction of sp³-hybridized carbons (Fsp3) is 0.560. The Morgan fingerprint density at radius 1 is 1.21 bits per heavy atom. The van der Waals surface area contributed by atoms with Crippen molar-refractivity contribution in [2.45, 2.75) is 71.3 Å². The lowest BCUT2D eigenvalue weighted by atomic mass is 9.77. The number of nitrogens with zero attached hydrogens (tertiary/aromatic N) is 2. The van der Waals surface area contributed by atoms with Crippen LogP contribution < -0.4 is 5.32 Å². The van der Waals surface area contributed by atoms with Crippen molar-refractivity contribution >= 4 is 46.9 Å². The molecule has 0 aromatic heterocycles. The molecule has 180 valence electrons. The maximum absolute atomic E-state index is 13.1. The molecule has 3 rings (SSSR count). The second kappa shape index (κ2) is 11.4. The molecular formula is C25H33Cl2N3O3. The highest BCUT2D eigenvalue weighted by Gasteiger charge is 2.32. The van der Waals surface area contributed by atoms with E-state index in [0.717, 1.165) is 25.7 Å². The molecule has 1 fully saturated rings. The van der Waals surface area contributed by atoms with Crippen LogP contribution in [0.4, 0.5) is 10.5 Å². The van der Waals surface area contributed by atoms with Crippen LogP contribution in [0, 0.1) is 5.41 Å². The molecule has 0 heterocycles. The second-order valence-electron chi connectivity index (χ2n) is 9.73. The fourth-order valence-electron chi connectivity index (χ4n) is 4.55. The topological polar surface area (TPSA) is 82.0 Å². The summed E-state index contributed by atoms with van der Waals surface area (Å²) in [5.41, 5.74) is 0.700. The number of rotatable bonds is 7. The summed E-state index contributed by atoms with van der Waals surface area (Å²) < 4.78 is 0. The number of Topliss-reactive ketones (excluding diaryl/α,β-unsaturated/α-hetero) is 1. The molecule has 1 aromatic carbocycles. The van der Waals surface area contributed by atoms with Crippen LogP contribution >= 0.6 is 23.2 Å². The van der Waals surface area contributed by atoms with Gasteiger partial charge in [-0.05, 0) is 42.9 Å². The minimum atomic E-state index is -0.222. The van der Waals surface area contributed by atoms with Crippen molar-refractivity contribution in [2.24, 2.45) is 10.4 Å². The van der Waals surface area contributed by atoms with Crippen molar-refractivity contribution in [3.8, 4) is 0 Å². The Morgan fingerprint density at radius 3 is 2.61 bits per heavy atom. The van der Waals surface area contributed by atoms with Crippen molar-refractivity contribution in [2.75, 3.05) is 18.4 Å². The largest absolute Gasteiger partial charge is 0.511 e. The molecule has 0 unspecified atom stereocenters. The molecule has 0 bridgehead atoms. The summed E-state index contributed by atoms with van der Waals surface area (Å²) in [7, 11) is 0. The number of benzene rings is 1. The molecule has 8 heteroatoms. The second-order valence-corrected chi connectivity index (χ2v) is 10.5. The number of urea groups is 1. The number of aliphatic hydroxyl groups is 1. The summed E-state index contributed by atoms with van der Waals surface area (Å²) in [4.78, 5) is 31.7. The van der Waals surface area contributed by atoms with Crippen molar-refractivity contribution in [1.29, 1.82) is 0 Å². The molecule has 2 aliphatic rings. The number of carbonyl (C=O) groups is 2. The van der Waals surface area contributed by atoms with Gasteiger partial charge in [-0.1, -0.05) is 56.3 Å². The quantitative estimate of drug-likeness (QED) is 0.322. The first-order chi connectivity index (χ1) is 15.7. The number of allylic oxidation sites excluding steroid dienone is 2. The van der Waals surface area contributed by atoms with Crippen LogP contribution in [0.3, 0.4) is 0 Å². The van der Waals surface area contributed by atoms with Crippen molar-refractivity contribution < 1.29 is 14.7 Å². The van der Waals surface area contributed by atoms with Gasteiger partial charge in [-0.25, -0.2) is 4.79 Å². The summed E-state index contributed by atoms with van der Waals surface area (Å²) in [5.74, 6) is 0.0437. The lowest BCUT2D eigenvalue weighted by molar-refractivity contribution is -0.117. The Labute approximate surface area is 206 Å². The fourth-order valence-corrected chi connectivity index (χ4v) is 4.85. The first-order valence-corrected chi connectivity index (χ1v) is 12.4. The molecule has 2 aliphatic carbocycles. The molecule has 2 amide bonds. The highest BCUT2D eigenvalue weighted by Crippen LogP contribution is 2.35. The van der Waals surface area contributed by atoms with Crippen molar-refractivity contribution in [3.05, 3.63) is 39.6 Å². The number of carbonyl (C=O) groups excluding carboxylic acids is 2. The van der Waals surface area contributed by atoms with E-state index in [1.807, 2.05) is 18.7 Å². The maximum Gasteiger partial charge on any atom is 0.322 e. The number of anilines is 1. The summed E-state index contributed by atoms with van der Waals surface area (Å²) in [5, 5.41) is 14.0. The number of hydrogen-bond acceptors (Lipinski definition) is 4. The van der Waals surface area contributed by atoms with Gasteiger partial charge in [0.25, 0.3) is 0 Å². The lowest BCUT2D eigenvalue weighted by Gasteiger charge is -2.34. The number of amides is 2. The van der Waals surface area contributed by atoms with E-state index >= 15 is 0 Å². The van der Waals surface area contributed by atoms with Crippen molar-refractivity contribution in [3.63, 3.8) is 0 Å². The number of nitrogens with one attached hydrogen (secondary N) is 1. The van der Waals surface area contributed by atoms with Gasteiger partial charge in [0, 0.05) is 43.9 Å². The minimum absolute atomic E-state index is 0.0719. The molecule has 1 saturated carbocycles. The first kappa shape index (κ1) is 25.6. The van der Waals surface area contributed by atoms with Gasteiger partial charge in [-0.3, -0.25) is 9.79 Å². The zero-order chi connectivity index (χ0) is 24.0. The zero-order valence-corrected chi connectivity index (χ0v) is 20.9. The van der Waals surface area contributed by atoms with E-state index in [-0.39, 0.29) is 29.0 Å². The predicted molar refractivity (Wildman–Crippen MR) is 135 cm³/mol. The van der Waals surface area contributed by atoms with Crippen LogP contribution in [0.2, 0.25) is 10.0 Å². The van der Waals surface area contributed by atoms with Crippen molar-refractivity contribution in [1.82, 2.24) is 4.90 Å². The monoisotopic (exact) mass is 493 g/mol. The SMILES string of the molecule is CC1(C)CC(=O)C(C=NCCCN(C(=O)Nc2ccc(Cl)c(Cl)c2)C2CCCCC2)=C(O)C1. The van der Waals surface area contributed by atoms with Crippen LogP contribution in [-0.2, 0) is 4.79 Å². The Balaban J connectivity index is 1.60. The molecule has 0 aliphatic heterocycles. The van der Waals surface area contributed by atoms with Gasteiger partial charge >= 0.3 is 6.03 Å². The van der Waals surface area contributed by atoms with Gasteiger partial charge in [0.05, 0.1) is 15.6 Å². The molecular weight excluding hydrogens is 461 g/mol. The molecule has 0 atom stereocenters. The van der Waals surface area contributed by atoms with Crippen LogP contribution in [0.25, 0.3) is 0 Å². The average molecular weight is 494 g/mol. The van der Waals surface area contributed by atoms with E-state index in [1.54, 1.807) is 18.2 Å². The van der Waals surface area contributed by atoms with Crippen LogP contribution in [0.1, 0.15) is 65.2 Å². The van der Waals surface area contributed by atoms with Crippen LogP contribution in [-0.4, -0.2) is 47.2 Å². The molecule has 33 heavy (non-hydrogen) atoms. The van der Waals surface area contributed by atoms with E-state index in [2.05, 4.69) is 10.3 Å². The highest BCUT2D eigenvalue weighted by molar-refractivity contribution is 6.42. The summed E-state index contributed by atoms with van der Waals surface area (Å²) in [6.07, 6.45) is 8.45. The van der Waals surface area contributed by atoms with Crippen LogP contribution in [0.15, 0.2) is 34.5 Å². The Hall–Kier alpha value is -2.05.